The van der Waals surface area contributed by atoms with Gasteiger partial charge in [0.2, 0.25) is 0 Å². The Morgan fingerprint density at radius 2 is 2.00 bits per heavy atom. The molecule has 1 N–H and O–H groups in total. The van der Waals surface area contributed by atoms with Gasteiger partial charge in [-0.25, -0.2) is 9.97 Å². The second-order valence-corrected chi connectivity index (χ2v) is 7.01. The normalized spacial score (nSPS) is 25.7. The number of fused-ring (bicyclic) bond motifs is 2. The highest BCUT2D eigenvalue weighted by Crippen LogP contribution is 2.35. The van der Waals surface area contributed by atoms with Crippen molar-refractivity contribution in [2.75, 3.05) is 0 Å². The van der Waals surface area contributed by atoms with Gasteiger partial charge >= 0.3 is 0 Å². The molecule has 0 saturated carbocycles. The van der Waals surface area contributed by atoms with Crippen LogP contribution in [0.4, 0.5) is 0 Å². The maximum absolute atomic E-state index is 13.1. The third kappa shape index (κ3) is 3.02. The van der Waals surface area contributed by atoms with Crippen LogP contribution < -0.4 is 0 Å². The van der Waals surface area contributed by atoms with E-state index in [0.29, 0.717) is 29.9 Å². The lowest BCUT2D eigenvalue weighted by molar-refractivity contribution is -0.0151. The number of hydrogen-bond acceptors (Lipinski definition) is 5. The van der Waals surface area contributed by atoms with E-state index in [4.69, 9.17) is 0 Å². The fraction of sp³-hybridized carbons (Fsp3) is 0.474. The van der Waals surface area contributed by atoms with Crippen LogP contribution in [0.1, 0.15) is 48.2 Å². The van der Waals surface area contributed by atoms with E-state index >= 15 is 0 Å². The number of hydrogen-bond donors (Lipinski definition) is 1. The molecule has 2 fully saturated rings. The minimum absolute atomic E-state index is 0.00293. The third-order valence-corrected chi connectivity index (χ3v) is 5.31. The first-order valence-corrected chi connectivity index (χ1v) is 8.88. The lowest BCUT2D eigenvalue weighted by atomic mass is 9.82. The van der Waals surface area contributed by atoms with Gasteiger partial charge < -0.3 is 10.0 Å². The zero-order valence-corrected chi connectivity index (χ0v) is 14.3. The van der Waals surface area contributed by atoms with Crippen LogP contribution in [0.3, 0.4) is 0 Å². The van der Waals surface area contributed by atoms with Crippen LogP contribution in [-0.4, -0.2) is 49.1 Å². The van der Waals surface area contributed by atoms with E-state index in [1.54, 1.807) is 18.6 Å². The first-order valence-electron chi connectivity index (χ1n) is 8.88. The number of pyridine rings is 1. The Hall–Kier alpha value is -2.34. The number of carbonyl (C=O) groups excluding carboxylic acids is 1. The van der Waals surface area contributed by atoms with Gasteiger partial charge in [0.25, 0.3) is 5.91 Å². The van der Waals surface area contributed by atoms with E-state index in [1.165, 1.54) is 0 Å². The Morgan fingerprint density at radius 1 is 1.24 bits per heavy atom. The molecule has 4 rings (SSSR count). The summed E-state index contributed by atoms with van der Waals surface area (Å²) in [5.74, 6) is 0.577. The number of amides is 1. The van der Waals surface area contributed by atoms with E-state index in [-0.39, 0.29) is 24.1 Å². The number of aliphatic hydroxyl groups is 1. The predicted molar refractivity (Wildman–Crippen MR) is 92.8 cm³/mol. The van der Waals surface area contributed by atoms with Gasteiger partial charge in [0.1, 0.15) is 0 Å². The SMILES string of the molecule is Cc1nc(-c2cccnc2)ncc1C(=O)N1[C@@H]2CCC[C@H]1CC(O)C2. The fourth-order valence-corrected chi connectivity index (χ4v) is 4.13. The van der Waals surface area contributed by atoms with Crippen LogP contribution in [-0.2, 0) is 0 Å². The Balaban J connectivity index is 1.62. The quantitative estimate of drug-likeness (QED) is 0.909. The molecule has 130 valence electrons. The minimum Gasteiger partial charge on any atom is -0.393 e. The van der Waals surface area contributed by atoms with Crippen LogP contribution in [0.2, 0.25) is 0 Å². The topological polar surface area (TPSA) is 79.2 Å². The molecule has 25 heavy (non-hydrogen) atoms. The molecule has 1 unspecified atom stereocenters. The highest BCUT2D eigenvalue weighted by atomic mass is 16.3. The molecule has 6 nitrogen and oxygen atoms in total. The average molecular weight is 338 g/mol. The van der Waals surface area contributed by atoms with Gasteiger partial charge in [0.05, 0.1) is 17.4 Å². The molecule has 0 spiro atoms. The van der Waals surface area contributed by atoms with E-state index in [0.717, 1.165) is 24.8 Å². The molecule has 0 radical (unpaired) electrons. The van der Waals surface area contributed by atoms with Crippen molar-refractivity contribution in [1.29, 1.82) is 0 Å². The molecule has 0 aromatic carbocycles. The lowest BCUT2D eigenvalue weighted by Gasteiger charge is -2.47. The minimum atomic E-state index is -0.287. The van der Waals surface area contributed by atoms with Crippen molar-refractivity contribution in [2.24, 2.45) is 0 Å². The maximum Gasteiger partial charge on any atom is 0.257 e. The van der Waals surface area contributed by atoms with Crippen LogP contribution >= 0.6 is 0 Å². The van der Waals surface area contributed by atoms with Crippen molar-refractivity contribution in [2.45, 2.75) is 57.2 Å². The smallest absolute Gasteiger partial charge is 0.257 e. The number of nitrogens with zero attached hydrogens (tertiary/aromatic N) is 4. The fourth-order valence-electron chi connectivity index (χ4n) is 4.13. The summed E-state index contributed by atoms with van der Waals surface area (Å²) in [6.07, 6.45) is 9.18. The Labute approximate surface area is 147 Å². The van der Waals surface area contributed by atoms with Gasteiger partial charge in [-0.05, 0) is 51.2 Å². The highest BCUT2D eigenvalue weighted by Gasteiger charge is 2.41. The van der Waals surface area contributed by atoms with Crippen molar-refractivity contribution in [1.82, 2.24) is 19.9 Å². The summed E-state index contributed by atoms with van der Waals surface area (Å²) in [7, 11) is 0. The Morgan fingerprint density at radius 3 is 2.64 bits per heavy atom. The molecule has 2 aliphatic rings. The summed E-state index contributed by atoms with van der Waals surface area (Å²) in [5.41, 5.74) is 2.08. The van der Waals surface area contributed by atoms with Crippen molar-refractivity contribution < 1.29 is 9.90 Å². The molecule has 3 atom stereocenters. The van der Waals surface area contributed by atoms with Gasteiger partial charge in [-0.3, -0.25) is 9.78 Å². The second-order valence-electron chi connectivity index (χ2n) is 7.01. The third-order valence-electron chi connectivity index (χ3n) is 5.31. The summed E-state index contributed by atoms with van der Waals surface area (Å²) in [5, 5.41) is 10.0. The number of carbonyl (C=O) groups is 1. The Bertz CT molecular complexity index is 766. The van der Waals surface area contributed by atoms with Crippen LogP contribution in [0.25, 0.3) is 11.4 Å². The molecule has 6 heteroatoms. The van der Waals surface area contributed by atoms with Gasteiger partial charge in [-0.15, -0.1) is 0 Å². The van der Waals surface area contributed by atoms with Crippen molar-refractivity contribution in [3.05, 3.63) is 42.0 Å². The standard InChI is InChI=1S/C19H22N4O2/c1-12-17(11-21-18(22-12)13-4-3-7-20-10-13)19(25)23-14-5-2-6-15(23)9-16(24)8-14/h3-4,7,10-11,14-16,24H,2,5-6,8-9H2,1H3/t14-,15+,16?. The number of rotatable bonds is 2. The molecule has 1 amide bonds. The van der Waals surface area contributed by atoms with Crippen molar-refractivity contribution in [3.8, 4) is 11.4 Å². The van der Waals surface area contributed by atoms with Crippen LogP contribution in [0.15, 0.2) is 30.7 Å². The summed E-state index contributed by atoms with van der Waals surface area (Å²) in [6.45, 7) is 1.85. The zero-order chi connectivity index (χ0) is 17.4. The van der Waals surface area contributed by atoms with E-state index < -0.39 is 0 Å². The molecule has 0 aliphatic carbocycles. The van der Waals surface area contributed by atoms with Crippen LogP contribution in [0, 0.1) is 6.92 Å². The van der Waals surface area contributed by atoms with E-state index in [2.05, 4.69) is 15.0 Å². The molecule has 2 saturated heterocycles. The maximum atomic E-state index is 13.1. The summed E-state index contributed by atoms with van der Waals surface area (Å²) < 4.78 is 0. The van der Waals surface area contributed by atoms with Crippen molar-refractivity contribution in [3.63, 3.8) is 0 Å². The van der Waals surface area contributed by atoms with Gasteiger partial charge in [0.15, 0.2) is 5.82 Å². The molecular formula is C19H22N4O2. The predicted octanol–water partition coefficient (Wildman–Crippen LogP) is 2.37. The summed E-state index contributed by atoms with van der Waals surface area (Å²) >= 11 is 0. The zero-order valence-electron chi connectivity index (χ0n) is 14.3. The molecule has 2 bridgehead atoms. The molecule has 4 heterocycles. The number of aryl methyl sites for hydroxylation is 1. The van der Waals surface area contributed by atoms with Gasteiger partial charge in [-0.1, -0.05) is 0 Å². The number of aromatic nitrogens is 3. The van der Waals surface area contributed by atoms with Gasteiger partial charge in [0, 0.05) is 36.2 Å². The molecule has 2 aromatic rings. The van der Waals surface area contributed by atoms with Crippen molar-refractivity contribution >= 4 is 5.91 Å². The molecular weight excluding hydrogens is 316 g/mol. The summed E-state index contributed by atoms with van der Waals surface area (Å²) in [4.78, 5) is 28.1. The first kappa shape index (κ1) is 16.1. The second kappa shape index (κ2) is 6.52. The number of piperidine rings is 2. The highest BCUT2D eigenvalue weighted by molar-refractivity contribution is 5.95. The molecule has 2 aliphatic heterocycles. The lowest BCUT2D eigenvalue weighted by Crippen LogP contribution is -2.56. The first-order chi connectivity index (χ1) is 12.1. The largest absolute Gasteiger partial charge is 0.393 e. The van der Waals surface area contributed by atoms with Crippen LogP contribution in [0.5, 0.6) is 0 Å². The monoisotopic (exact) mass is 338 g/mol. The van der Waals surface area contributed by atoms with E-state index in [1.807, 2.05) is 24.0 Å². The Kier molecular flexibility index (Phi) is 4.21. The number of aliphatic hydroxyl groups excluding tert-OH is 1. The van der Waals surface area contributed by atoms with Gasteiger partial charge in [-0.2, -0.15) is 0 Å². The summed E-state index contributed by atoms with van der Waals surface area (Å²) in [6, 6.07) is 4.01. The molecule has 2 aromatic heterocycles. The van der Waals surface area contributed by atoms with E-state index in [9.17, 15) is 9.90 Å². The average Bonchev–Trinajstić information content (AvgIpc) is 2.61.